The van der Waals surface area contributed by atoms with E-state index in [1.807, 2.05) is 6.20 Å². The number of β-amino-alcohol motifs (C(OH)–C–C–N with tert-alkyl or cyclic N) is 1. The molecule has 190 valence electrons. The van der Waals surface area contributed by atoms with E-state index in [0.29, 0.717) is 41.3 Å². The lowest BCUT2D eigenvalue weighted by Crippen LogP contribution is -2.47. The molecule has 37 heavy (non-hydrogen) atoms. The molecule has 1 aliphatic heterocycles. The third-order valence-corrected chi connectivity index (χ3v) is 6.57. The van der Waals surface area contributed by atoms with Crippen LogP contribution < -0.4 is 16.0 Å². The first-order chi connectivity index (χ1) is 18.0. The van der Waals surface area contributed by atoms with Gasteiger partial charge < -0.3 is 21.1 Å². The molecule has 12 heteroatoms. The summed E-state index contributed by atoms with van der Waals surface area (Å²) in [6.45, 7) is 1.25. The normalized spacial score (nSPS) is 19.7. The van der Waals surface area contributed by atoms with Gasteiger partial charge in [-0.3, -0.25) is 4.98 Å². The van der Waals surface area contributed by atoms with Crippen molar-refractivity contribution in [2.75, 3.05) is 23.7 Å². The van der Waals surface area contributed by atoms with E-state index >= 15 is 0 Å². The Balaban J connectivity index is 1.41. The Bertz CT molecular complexity index is 1480. The summed E-state index contributed by atoms with van der Waals surface area (Å²) in [4.78, 5) is 21.4. The molecule has 0 amide bonds. The molecule has 0 spiro atoms. The topological polar surface area (TPSA) is 121 Å². The van der Waals surface area contributed by atoms with E-state index in [2.05, 4.69) is 30.9 Å². The number of fused-ring (bicyclic) bond motifs is 1. The average molecular weight is 509 g/mol. The van der Waals surface area contributed by atoms with Crippen molar-refractivity contribution in [1.29, 1.82) is 0 Å². The van der Waals surface area contributed by atoms with Gasteiger partial charge in [0.15, 0.2) is 17.5 Å². The molecule has 2 atom stereocenters. The van der Waals surface area contributed by atoms with Crippen molar-refractivity contribution in [3.63, 3.8) is 0 Å². The fourth-order valence-corrected chi connectivity index (χ4v) is 4.54. The van der Waals surface area contributed by atoms with Crippen LogP contribution in [-0.4, -0.2) is 55.3 Å². The van der Waals surface area contributed by atoms with Crippen LogP contribution in [0, 0.1) is 17.6 Å². The van der Waals surface area contributed by atoms with Gasteiger partial charge in [-0.1, -0.05) is 0 Å². The molecule has 0 radical (unpaired) electrons. The Hall–Kier alpha value is -3.90. The van der Waals surface area contributed by atoms with Crippen molar-refractivity contribution in [2.24, 2.45) is 0 Å². The number of aliphatic hydroxyl groups is 1. The lowest BCUT2D eigenvalue weighted by atomic mass is 10.0. The van der Waals surface area contributed by atoms with Gasteiger partial charge in [-0.05, 0) is 49.4 Å². The third-order valence-electron chi connectivity index (χ3n) is 6.57. The van der Waals surface area contributed by atoms with Crippen molar-refractivity contribution >= 4 is 28.4 Å². The number of nitrogens with one attached hydrogen (secondary N) is 3. The van der Waals surface area contributed by atoms with Crippen molar-refractivity contribution in [3.8, 4) is 11.4 Å². The number of aliphatic hydroxyl groups excluding tert-OH is 1. The molecule has 1 aliphatic carbocycles. The van der Waals surface area contributed by atoms with Crippen LogP contribution in [0.25, 0.3) is 22.3 Å². The van der Waals surface area contributed by atoms with Crippen LogP contribution in [0.3, 0.4) is 0 Å². The summed E-state index contributed by atoms with van der Waals surface area (Å²) in [5.74, 6) is -3.02. The molecule has 0 bridgehead atoms. The summed E-state index contributed by atoms with van der Waals surface area (Å²) < 4.78 is 41.3. The quantitative estimate of drug-likeness (QED) is 0.289. The minimum atomic E-state index is -1.36. The first-order valence-electron chi connectivity index (χ1n) is 12.0. The minimum Gasteiger partial charge on any atom is -0.390 e. The summed E-state index contributed by atoms with van der Waals surface area (Å²) in [6.07, 6.45) is 7.25. The lowest BCUT2D eigenvalue weighted by molar-refractivity contribution is 0.128. The van der Waals surface area contributed by atoms with Gasteiger partial charge in [-0.2, -0.15) is 13.8 Å². The lowest BCUT2D eigenvalue weighted by Gasteiger charge is -2.30. The second kappa shape index (κ2) is 9.52. The van der Waals surface area contributed by atoms with Gasteiger partial charge in [0, 0.05) is 36.0 Å². The van der Waals surface area contributed by atoms with Crippen LogP contribution in [0.2, 0.25) is 0 Å². The highest BCUT2D eigenvalue weighted by Crippen LogP contribution is 2.44. The molecule has 6 rings (SSSR count). The van der Waals surface area contributed by atoms with Crippen LogP contribution in [0.1, 0.15) is 30.7 Å². The van der Waals surface area contributed by atoms with Crippen molar-refractivity contribution in [2.45, 2.75) is 37.3 Å². The van der Waals surface area contributed by atoms with E-state index in [-0.39, 0.29) is 11.9 Å². The SMILES string of the molecule is O[C@H]1CNCC[C@H]1Nc1nc(-c2ccnc(Nc3nc(F)cc(F)c3F)c2)nc2cncc(C3CC3)c12. The molecule has 0 unspecified atom stereocenters. The molecule has 4 aromatic heterocycles. The Morgan fingerprint density at radius 3 is 2.68 bits per heavy atom. The van der Waals surface area contributed by atoms with E-state index in [9.17, 15) is 18.3 Å². The monoisotopic (exact) mass is 508 g/mol. The zero-order chi connectivity index (χ0) is 25.5. The number of rotatable bonds is 6. The zero-order valence-electron chi connectivity index (χ0n) is 19.5. The van der Waals surface area contributed by atoms with Crippen LogP contribution >= 0.6 is 0 Å². The van der Waals surface area contributed by atoms with Crippen molar-refractivity contribution in [3.05, 3.63) is 59.9 Å². The highest BCUT2D eigenvalue weighted by atomic mass is 19.2. The highest BCUT2D eigenvalue weighted by Gasteiger charge is 2.30. The second-order valence-electron chi connectivity index (χ2n) is 9.25. The number of hydrogen-bond donors (Lipinski definition) is 4. The number of halogens is 3. The summed E-state index contributed by atoms with van der Waals surface area (Å²) >= 11 is 0. The van der Waals surface area contributed by atoms with Gasteiger partial charge in [-0.15, -0.1) is 0 Å². The smallest absolute Gasteiger partial charge is 0.217 e. The molecule has 1 saturated carbocycles. The number of piperidine rings is 1. The Kier molecular flexibility index (Phi) is 6.05. The van der Waals surface area contributed by atoms with Gasteiger partial charge in [0.1, 0.15) is 11.6 Å². The predicted octanol–water partition coefficient (Wildman–Crippen LogP) is 3.65. The highest BCUT2D eigenvalue weighted by molar-refractivity contribution is 5.93. The van der Waals surface area contributed by atoms with Gasteiger partial charge >= 0.3 is 0 Å². The maximum atomic E-state index is 14.1. The number of anilines is 3. The Morgan fingerprint density at radius 1 is 1.00 bits per heavy atom. The molecule has 1 saturated heterocycles. The summed E-state index contributed by atoms with van der Waals surface area (Å²) in [7, 11) is 0. The average Bonchev–Trinajstić information content (AvgIpc) is 3.74. The van der Waals surface area contributed by atoms with Gasteiger partial charge in [-0.25, -0.2) is 19.3 Å². The zero-order valence-corrected chi connectivity index (χ0v) is 19.5. The first kappa shape index (κ1) is 23.5. The maximum absolute atomic E-state index is 14.1. The molecule has 2 fully saturated rings. The standard InChI is InChI=1S/C25H23F3N8O/c26-15-8-19(27)34-25(22(15)28)35-20-7-13(3-6-31-20)23-33-17-10-30-9-14(12-1-2-12)21(17)24(36-23)32-16-4-5-29-11-18(16)37/h3,6-10,12,16,18,29,37H,1-2,4-5,11H2,(H,31,34,35)(H,32,33,36)/t16-,18+/m1/s1. The molecule has 2 aliphatic rings. The van der Waals surface area contributed by atoms with Crippen LogP contribution in [0.15, 0.2) is 36.8 Å². The molecule has 4 aromatic rings. The minimum absolute atomic E-state index is 0.103. The summed E-state index contributed by atoms with van der Waals surface area (Å²) in [6, 6.07) is 3.38. The molecule has 4 N–H and O–H groups in total. The predicted molar refractivity (Wildman–Crippen MR) is 131 cm³/mol. The molecular formula is C25H23F3N8O. The fraction of sp³-hybridized carbons (Fsp3) is 0.320. The summed E-state index contributed by atoms with van der Waals surface area (Å²) in [5, 5.41) is 20.5. The number of aromatic nitrogens is 5. The third kappa shape index (κ3) is 4.77. The Labute approximate surface area is 209 Å². The van der Waals surface area contributed by atoms with E-state index in [0.717, 1.165) is 36.8 Å². The van der Waals surface area contributed by atoms with E-state index in [1.165, 1.54) is 12.3 Å². The van der Waals surface area contributed by atoms with E-state index in [1.54, 1.807) is 12.3 Å². The van der Waals surface area contributed by atoms with Gasteiger partial charge in [0.2, 0.25) is 11.8 Å². The van der Waals surface area contributed by atoms with E-state index < -0.39 is 29.5 Å². The van der Waals surface area contributed by atoms with Crippen molar-refractivity contribution < 1.29 is 18.3 Å². The maximum Gasteiger partial charge on any atom is 0.217 e. The van der Waals surface area contributed by atoms with Crippen molar-refractivity contribution in [1.82, 2.24) is 30.2 Å². The van der Waals surface area contributed by atoms with Gasteiger partial charge in [0.05, 0.1) is 23.9 Å². The largest absolute Gasteiger partial charge is 0.390 e. The van der Waals surface area contributed by atoms with Gasteiger partial charge in [0.25, 0.3) is 0 Å². The molecular weight excluding hydrogens is 485 g/mol. The van der Waals surface area contributed by atoms with Crippen LogP contribution in [0.4, 0.5) is 30.6 Å². The number of pyridine rings is 3. The fourth-order valence-electron chi connectivity index (χ4n) is 4.54. The van der Waals surface area contributed by atoms with E-state index in [4.69, 9.17) is 9.97 Å². The van der Waals surface area contributed by atoms with Crippen LogP contribution in [-0.2, 0) is 0 Å². The molecule has 0 aromatic carbocycles. The molecule has 9 nitrogen and oxygen atoms in total. The first-order valence-corrected chi connectivity index (χ1v) is 12.0. The number of hydrogen-bond acceptors (Lipinski definition) is 9. The second-order valence-corrected chi connectivity index (χ2v) is 9.25. The van der Waals surface area contributed by atoms with Crippen LogP contribution in [0.5, 0.6) is 0 Å². The molecule has 5 heterocycles. The number of nitrogens with zero attached hydrogens (tertiary/aromatic N) is 5. The Morgan fingerprint density at radius 2 is 1.86 bits per heavy atom. The summed E-state index contributed by atoms with van der Waals surface area (Å²) in [5.41, 5.74) is 2.25.